The summed E-state index contributed by atoms with van der Waals surface area (Å²) in [6.45, 7) is 3.24. The maximum atomic E-state index is 12.7. The SMILES string of the molecule is Cc1ccc(C(=O)O[C@H](C)C(=O)N(C)C)cc1S(=O)(=O)NCc1ccccc1. The normalized spacial score (nSPS) is 12.3. The van der Waals surface area contributed by atoms with Crippen LogP contribution >= 0.6 is 0 Å². The molecule has 1 amide bonds. The van der Waals surface area contributed by atoms with E-state index in [4.69, 9.17) is 4.74 Å². The Bertz CT molecular complexity index is 956. The number of rotatable bonds is 7. The first-order valence-electron chi connectivity index (χ1n) is 8.68. The van der Waals surface area contributed by atoms with Crippen molar-refractivity contribution in [3.8, 4) is 0 Å². The summed E-state index contributed by atoms with van der Waals surface area (Å²) in [5.41, 5.74) is 1.37. The second-order valence-corrected chi connectivity index (χ2v) is 8.31. The number of hydrogen-bond acceptors (Lipinski definition) is 5. The Morgan fingerprint density at radius 1 is 1.11 bits per heavy atom. The van der Waals surface area contributed by atoms with Gasteiger partial charge in [0, 0.05) is 20.6 Å². The van der Waals surface area contributed by atoms with E-state index in [-0.39, 0.29) is 22.9 Å². The zero-order chi connectivity index (χ0) is 20.9. The first-order chi connectivity index (χ1) is 13.1. The smallest absolute Gasteiger partial charge is 0.338 e. The van der Waals surface area contributed by atoms with Crippen molar-refractivity contribution in [2.24, 2.45) is 0 Å². The number of sulfonamides is 1. The van der Waals surface area contributed by atoms with Crippen molar-refractivity contribution in [3.05, 3.63) is 65.2 Å². The molecule has 2 rings (SSSR count). The van der Waals surface area contributed by atoms with E-state index in [1.807, 2.05) is 30.3 Å². The van der Waals surface area contributed by atoms with Crippen molar-refractivity contribution in [2.75, 3.05) is 14.1 Å². The monoisotopic (exact) mass is 404 g/mol. The second kappa shape index (κ2) is 8.99. The Kier molecular flexibility index (Phi) is 6.93. The fourth-order valence-corrected chi connectivity index (χ4v) is 3.80. The Hall–Kier alpha value is -2.71. The van der Waals surface area contributed by atoms with E-state index < -0.39 is 22.1 Å². The molecule has 0 radical (unpaired) electrons. The lowest BCUT2D eigenvalue weighted by Crippen LogP contribution is -2.35. The summed E-state index contributed by atoms with van der Waals surface area (Å²) in [4.78, 5) is 25.5. The predicted octanol–water partition coefficient (Wildman–Crippen LogP) is 2.11. The molecule has 0 saturated heterocycles. The zero-order valence-electron chi connectivity index (χ0n) is 16.3. The third kappa shape index (κ3) is 5.40. The molecule has 0 saturated carbocycles. The van der Waals surface area contributed by atoms with E-state index in [1.165, 1.54) is 30.0 Å². The van der Waals surface area contributed by atoms with E-state index in [2.05, 4.69) is 4.72 Å². The molecule has 1 N–H and O–H groups in total. The molecule has 0 aromatic heterocycles. The molecule has 2 aromatic rings. The van der Waals surface area contributed by atoms with Crippen LogP contribution in [0.15, 0.2) is 53.4 Å². The van der Waals surface area contributed by atoms with E-state index in [0.717, 1.165) is 5.56 Å². The molecule has 28 heavy (non-hydrogen) atoms. The fraction of sp³-hybridized carbons (Fsp3) is 0.300. The zero-order valence-corrected chi connectivity index (χ0v) is 17.1. The van der Waals surface area contributed by atoms with Crippen LogP contribution in [-0.4, -0.2) is 45.4 Å². The highest BCUT2D eigenvalue weighted by Gasteiger charge is 2.23. The van der Waals surface area contributed by atoms with Gasteiger partial charge in [-0.2, -0.15) is 0 Å². The molecule has 8 heteroatoms. The molecule has 0 bridgehead atoms. The molecule has 0 aliphatic heterocycles. The van der Waals surface area contributed by atoms with E-state index in [9.17, 15) is 18.0 Å². The maximum absolute atomic E-state index is 12.7. The van der Waals surface area contributed by atoms with Crippen LogP contribution in [0.5, 0.6) is 0 Å². The van der Waals surface area contributed by atoms with Crippen LogP contribution in [0.4, 0.5) is 0 Å². The van der Waals surface area contributed by atoms with E-state index in [0.29, 0.717) is 5.56 Å². The highest BCUT2D eigenvalue weighted by molar-refractivity contribution is 7.89. The van der Waals surface area contributed by atoms with Crippen LogP contribution < -0.4 is 4.72 Å². The minimum Gasteiger partial charge on any atom is -0.449 e. The molecule has 1 atom stereocenters. The molecule has 7 nitrogen and oxygen atoms in total. The van der Waals surface area contributed by atoms with Crippen molar-refractivity contribution < 1.29 is 22.7 Å². The lowest BCUT2D eigenvalue weighted by molar-refractivity contribution is -0.137. The van der Waals surface area contributed by atoms with Crippen LogP contribution in [-0.2, 0) is 26.1 Å². The third-order valence-electron chi connectivity index (χ3n) is 4.09. The Balaban J connectivity index is 2.19. The largest absolute Gasteiger partial charge is 0.449 e. The van der Waals surface area contributed by atoms with Crippen LogP contribution in [0.25, 0.3) is 0 Å². The van der Waals surface area contributed by atoms with Gasteiger partial charge in [-0.05, 0) is 37.1 Å². The maximum Gasteiger partial charge on any atom is 0.338 e. The summed E-state index contributed by atoms with van der Waals surface area (Å²) in [5.74, 6) is -1.12. The molecule has 0 aliphatic rings. The Labute approximate surface area is 165 Å². The van der Waals surface area contributed by atoms with Gasteiger partial charge in [0.2, 0.25) is 10.0 Å². The van der Waals surface area contributed by atoms with Gasteiger partial charge in [0.1, 0.15) is 0 Å². The lowest BCUT2D eigenvalue weighted by atomic mass is 10.1. The quantitative estimate of drug-likeness (QED) is 0.714. The number of carbonyl (C=O) groups excluding carboxylic acids is 2. The standard InChI is InChI=1S/C20H24N2O5S/c1-14-10-11-17(20(24)27-15(2)19(23)22(3)4)12-18(14)28(25,26)21-13-16-8-6-5-7-9-16/h5-12,15,21H,13H2,1-4H3/t15-/m1/s1. The molecular formula is C20H24N2O5S. The number of nitrogens with zero attached hydrogens (tertiary/aromatic N) is 1. The van der Waals surface area contributed by atoms with Crippen molar-refractivity contribution in [1.29, 1.82) is 0 Å². The van der Waals surface area contributed by atoms with Crippen molar-refractivity contribution in [2.45, 2.75) is 31.4 Å². The van der Waals surface area contributed by atoms with Gasteiger partial charge in [0.15, 0.2) is 6.10 Å². The van der Waals surface area contributed by atoms with Gasteiger partial charge in [0.25, 0.3) is 5.91 Å². The summed E-state index contributed by atoms with van der Waals surface area (Å²) < 4.78 is 33.1. The number of likely N-dealkylation sites (N-methyl/N-ethyl adjacent to an activating group) is 1. The Morgan fingerprint density at radius 2 is 1.75 bits per heavy atom. The minimum absolute atomic E-state index is 0.00975. The molecule has 0 fully saturated rings. The summed E-state index contributed by atoms with van der Waals surface area (Å²) in [5, 5.41) is 0. The van der Waals surface area contributed by atoms with Crippen molar-refractivity contribution in [1.82, 2.24) is 9.62 Å². The highest BCUT2D eigenvalue weighted by atomic mass is 32.2. The van der Waals surface area contributed by atoms with Crippen LogP contribution in [0.2, 0.25) is 0 Å². The number of amides is 1. The topological polar surface area (TPSA) is 92.8 Å². The van der Waals surface area contributed by atoms with Gasteiger partial charge >= 0.3 is 5.97 Å². The average molecular weight is 404 g/mol. The summed E-state index contributed by atoms with van der Waals surface area (Å²) in [7, 11) is -0.722. The fourth-order valence-electron chi connectivity index (χ4n) is 2.51. The number of benzene rings is 2. The lowest BCUT2D eigenvalue weighted by Gasteiger charge is -2.17. The van der Waals surface area contributed by atoms with E-state index in [1.54, 1.807) is 21.0 Å². The summed E-state index contributed by atoms with van der Waals surface area (Å²) >= 11 is 0. The molecule has 2 aromatic carbocycles. The number of esters is 1. The van der Waals surface area contributed by atoms with Crippen LogP contribution in [0.1, 0.15) is 28.4 Å². The summed E-state index contributed by atoms with van der Waals surface area (Å²) in [6, 6.07) is 13.4. The molecule has 0 heterocycles. The minimum atomic E-state index is -3.84. The van der Waals surface area contributed by atoms with Crippen LogP contribution in [0.3, 0.4) is 0 Å². The van der Waals surface area contributed by atoms with Gasteiger partial charge < -0.3 is 9.64 Å². The molecule has 0 aliphatic carbocycles. The van der Waals surface area contributed by atoms with Gasteiger partial charge in [-0.1, -0.05) is 36.4 Å². The molecule has 0 spiro atoms. The third-order valence-corrected chi connectivity index (χ3v) is 5.64. The highest BCUT2D eigenvalue weighted by Crippen LogP contribution is 2.19. The molecule has 0 unspecified atom stereocenters. The van der Waals surface area contributed by atoms with Gasteiger partial charge in [-0.3, -0.25) is 4.79 Å². The van der Waals surface area contributed by atoms with E-state index >= 15 is 0 Å². The first kappa shape index (κ1) is 21.6. The molecular weight excluding hydrogens is 380 g/mol. The van der Waals surface area contributed by atoms with Gasteiger partial charge in [-0.15, -0.1) is 0 Å². The number of hydrogen-bond donors (Lipinski definition) is 1. The van der Waals surface area contributed by atoms with Gasteiger partial charge in [-0.25, -0.2) is 17.9 Å². The van der Waals surface area contributed by atoms with Crippen LogP contribution in [0, 0.1) is 6.92 Å². The second-order valence-electron chi connectivity index (χ2n) is 6.57. The summed E-state index contributed by atoms with van der Waals surface area (Å²) in [6.07, 6.45) is -0.972. The number of ether oxygens (including phenoxy) is 1. The average Bonchev–Trinajstić information content (AvgIpc) is 2.66. The number of carbonyl (C=O) groups is 2. The first-order valence-corrected chi connectivity index (χ1v) is 10.2. The Morgan fingerprint density at radius 3 is 2.36 bits per heavy atom. The van der Waals surface area contributed by atoms with Crippen molar-refractivity contribution in [3.63, 3.8) is 0 Å². The predicted molar refractivity (Wildman–Crippen MR) is 105 cm³/mol. The van der Waals surface area contributed by atoms with Crippen molar-refractivity contribution >= 4 is 21.9 Å². The number of nitrogens with one attached hydrogen (secondary N) is 1. The van der Waals surface area contributed by atoms with Gasteiger partial charge in [0.05, 0.1) is 10.5 Å². The number of aryl methyl sites for hydroxylation is 1. The molecule has 150 valence electrons.